The lowest BCUT2D eigenvalue weighted by atomic mass is 10.1. The minimum absolute atomic E-state index is 0.0350. The maximum atomic E-state index is 13.1. The average Bonchev–Trinajstić information content (AvgIpc) is 3.41. The van der Waals surface area contributed by atoms with Crippen molar-refractivity contribution in [1.29, 1.82) is 0 Å². The van der Waals surface area contributed by atoms with Crippen molar-refractivity contribution in [3.63, 3.8) is 0 Å². The van der Waals surface area contributed by atoms with Gasteiger partial charge in [0.05, 0.1) is 6.54 Å². The number of amides is 1. The Hall–Kier alpha value is -2.95. The maximum absolute atomic E-state index is 13.1. The van der Waals surface area contributed by atoms with Crippen LogP contribution >= 0.6 is 0 Å². The van der Waals surface area contributed by atoms with Crippen molar-refractivity contribution in [2.45, 2.75) is 45.8 Å². The number of piperazine rings is 2. The Morgan fingerprint density at radius 1 is 1.03 bits per heavy atom. The molecule has 0 bridgehead atoms. The fourth-order valence-electron chi connectivity index (χ4n) is 5.05. The van der Waals surface area contributed by atoms with Crippen molar-refractivity contribution < 1.29 is 23.8 Å². The molecule has 10 nitrogen and oxygen atoms in total. The zero-order valence-corrected chi connectivity index (χ0v) is 22.7. The number of nitrogens with zero attached hydrogens (tertiary/aromatic N) is 5. The van der Waals surface area contributed by atoms with Gasteiger partial charge in [0.15, 0.2) is 5.69 Å². The van der Waals surface area contributed by atoms with Gasteiger partial charge in [-0.15, -0.1) is 0 Å². The fraction of sp³-hybridized carbons (Fsp3) is 0.607. The van der Waals surface area contributed by atoms with Crippen LogP contribution in [0.25, 0.3) is 0 Å². The molecule has 2 aliphatic rings. The number of aryl methyl sites for hydroxylation is 1. The van der Waals surface area contributed by atoms with Crippen LogP contribution in [0.3, 0.4) is 0 Å². The van der Waals surface area contributed by atoms with Gasteiger partial charge in [0, 0.05) is 71.0 Å². The van der Waals surface area contributed by atoms with Crippen LogP contribution in [0.4, 0.5) is 5.69 Å². The fourth-order valence-corrected chi connectivity index (χ4v) is 5.05. The lowest BCUT2D eigenvalue weighted by Crippen LogP contribution is -2.49. The summed E-state index contributed by atoms with van der Waals surface area (Å²) in [7, 11) is 0. The summed E-state index contributed by atoms with van der Waals surface area (Å²) in [5, 5.41) is 10.2. The number of β-amino-alcohol motifs (C(OH)–C–C–N with tert-alkyl or cyclic N) is 1. The number of anilines is 1. The van der Waals surface area contributed by atoms with Gasteiger partial charge < -0.3 is 24.1 Å². The second-order valence-corrected chi connectivity index (χ2v) is 10.1. The minimum Gasteiger partial charge on any atom is -0.463 e. The Morgan fingerprint density at radius 3 is 2.45 bits per heavy atom. The predicted molar refractivity (Wildman–Crippen MR) is 144 cm³/mol. The number of aliphatic hydroxyl groups is 1. The zero-order chi connectivity index (χ0) is 26.9. The van der Waals surface area contributed by atoms with E-state index >= 15 is 0 Å². The van der Waals surface area contributed by atoms with Crippen molar-refractivity contribution >= 4 is 17.6 Å². The van der Waals surface area contributed by atoms with Gasteiger partial charge in [-0.1, -0.05) is 32.0 Å². The number of hydrogen-bond acceptors (Lipinski definition) is 9. The summed E-state index contributed by atoms with van der Waals surface area (Å²) in [5.41, 5.74) is 2.95. The number of carbonyl (C=O) groups is 2. The van der Waals surface area contributed by atoms with Gasteiger partial charge in [0.2, 0.25) is 5.89 Å². The van der Waals surface area contributed by atoms with Crippen molar-refractivity contribution in [1.82, 2.24) is 19.7 Å². The van der Waals surface area contributed by atoms with Gasteiger partial charge in [0.25, 0.3) is 5.91 Å². The highest BCUT2D eigenvalue weighted by Crippen LogP contribution is 2.23. The second kappa shape index (κ2) is 13.7. The molecule has 208 valence electrons. The molecule has 1 aromatic carbocycles. The van der Waals surface area contributed by atoms with Crippen LogP contribution in [-0.2, 0) is 22.5 Å². The molecule has 0 aliphatic carbocycles. The minimum atomic E-state index is -0.689. The largest absolute Gasteiger partial charge is 0.463 e. The summed E-state index contributed by atoms with van der Waals surface area (Å²) in [6.45, 7) is 11.2. The molecule has 2 aromatic rings. The first-order valence-electron chi connectivity index (χ1n) is 13.8. The van der Waals surface area contributed by atoms with Crippen LogP contribution in [0.1, 0.15) is 48.6 Å². The van der Waals surface area contributed by atoms with Gasteiger partial charge in [-0.3, -0.25) is 19.4 Å². The van der Waals surface area contributed by atoms with E-state index in [9.17, 15) is 14.7 Å². The molecule has 1 amide bonds. The van der Waals surface area contributed by atoms with E-state index in [-0.39, 0.29) is 18.5 Å². The van der Waals surface area contributed by atoms with Crippen LogP contribution in [0.2, 0.25) is 0 Å². The number of hydrogen-bond donors (Lipinski definition) is 1. The number of ether oxygens (including phenoxy) is 1. The van der Waals surface area contributed by atoms with Crippen molar-refractivity contribution in [3.8, 4) is 0 Å². The molecule has 10 heteroatoms. The second-order valence-electron chi connectivity index (χ2n) is 10.1. The van der Waals surface area contributed by atoms with Crippen LogP contribution in [-0.4, -0.2) is 108 Å². The summed E-state index contributed by atoms with van der Waals surface area (Å²) >= 11 is 0. The molecular formula is C28H41N5O5. The lowest BCUT2D eigenvalue weighted by Gasteiger charge is -2.36. The summed E-state index contributed by atoms with van der Waals surface area (Å²) in [6.07, 6.45) is 2.89. The standard InChI is InChI=1S/C28H41N5O5/c1-3-7-27(35)38-20-23(34)18-30-10-12-31(13-11-30)19-26-29-24(21-37-26)28(36)33-16-14-32(15-17-33)25-9-6-5-8-22(25)4-2/h5-6,8-9,21,23,34H,3-4,7,10-20H2,1-2H3/t23-/m1/s1. The lowest BCUT2D eigenvalue weighted by molar-refractivity contribution is -0.147. The third-order valence-corrected chi connectivity index (χ3v) is 7.23. The Kier molecular flexibility index (Phi) is 10.1. The first kappa shape index (κ1) is 28.1. The van der Waals surface area contributed by atoms with Crippen molar-refractivity contribution in [3.05, 3.63) is 47.7 Å². The molecule has 4 rings (SSSR count). The summed E-state index contributed by atoms with van der Waals surface area (Å²) in [6, 6.07) is 8.47. The number of carbonyl (C=O) groups excluding carboxylic acids is 2. The summed E-state index contributed by atoms with van der Waals surface area (Å²) in [5.74, 6) is 0.197. The highest BCUT2D eigenvalue weighted by molar-refractivity contribution is 5.92. The maximum Gasteiger partial charge on any atom is 0.305 e. The third kappa shape index (κ3) is 7.55. The molecule has 0 saturated carbocycles. The van der Waals surface area contributed by atoms with E-state index in [1.165, 1.54) is 17.5 Å². The van der Waals surface area contributed by atoms with E-state index in [0.29, 0.717) is 44.2 Å². The van der Waals surface area contributed by atoms with Crippen LogP contribution < -0.4 is 4.90 Å². The van der Waals surface area contributed by atoms with E-state index in [1.807, 2.05) is 11.8 Å². The number of aromatic nitrogens is 1. The molecule has 3 heterocycles. The monoisotopic (exact) mass is 527 g/mol. The van der Waals surface area contributed by atoms with E-state index in [0.717, 1.165) is 52.1 Å². The molecule has 1 atom stereocenters. The quantitative estimate of drug-likeness (QED) is 0.440. The van der Waals surface area contributed by atoms with E-state index in [2.05, 4.69) is 50.9 Å². The Morgan fingerprint density at radius 2 is 1.74 bits per heavy atom. The number of aliphatic hydroxyl groups excluding tert-OH is 1. The van der Waals surface area contributed by atoms with Crippen LogP contribution in [0, 0.1) is 0 Å². The number of esters is 1. The topological polar surface area (TPSA) is 103 Å². The molecule has 2 aliphatic heterocycles. The first-order chi connectivity index (χ1) is 18.5. The highest BCUT2D eigenvalue weighted by Gasteiger charge is 2.26. The Bertz CT molecular complexity index is 1040. The summed E-state index contributed by atoms with van der Waals surface area (Å²) < 4.78 is 10.8. The molecule has 1 N–H and O–H groups in total. The van der Waals surface area contributed by atoms with E-state index < -0.39 is 6.10 Å². The molecule has 0 unspecified atom stereocenters. The average molecular weight is 528 g/mol. The van der Waals surface area contributed by atoms with Gasteiger partial charge in [-0.2, -0.15) is 0 Å². The van der Waals surface area contributed by atoms with Gasteiger partial charge in [-0.25, -0.2) is 4.98 Å². The number of oxazole rings is 1. The first-order valence-corrected chi connectivity index (χ1v) is 13.8. The smallest absolute Gasteiger partial charge is 0.305 e. The number of rotatable bonds is 11. The van der Waals surface area contributed by atoms with Gasteiger partial charge in [-0.05, 0) is 24.5 Å². The molecule has 1 aromatic heterocycles. The highest BCUT2D eigenvalue weighted by atomic mass is 16.5. The Balaban J connectivity index is 1.19. The molecule has 2 fully saturated rings. The van der Waals surface area contributed by atoms with Crippen LogP contribution in [0.5, 0.6) is 0 Å². The molecule has 2 saturated heterocycles. The molecular weight excluding hydrogens is 486 g/mol. The predicted octanol–water partition coefficient (Wildman–Crippen LogP) is 2.02. The molecule has 0 radical (unpaired) electrons. The zero-order valence-electron chi connectivity index (χ0n) is 22.7. The van der Waals surface area contributed by atoms with Gasteiger partial charge >= 0.3 is 5.97 Å². The van der Waals surface area contributed by atoms with Crippen LogP contribution in [0.15, 0.2) is 34.9 Å². The number of benzene rings is 1. The molecule has 38 heavy (non-hydrogen) atoms. The van der Waals surface area contributed by atoms with Crippen molar-refractivity contribution in [2.75, 3.05) is 70.4 Å². The van der Waals surface area contributed by atoms with Gasteiger partial charge in [0.1, 0.15) is 19.0 Å². The third-order valence-electron chi connectivity index (χ3n) is 7.23. The van der Waals surface area contributed by atoms with E-state index in [1.54, 1.807) is 0 Å². The normalized spacial score (nSPS) is 18.0. The SMILES string of the molecule is CCCC(=O)OC[C@H](O)CN1CCN(Cc2nc(C(=O)N3CCN(c4ccccc4CC)CC3)co2)CC1. The Labute approximate surface area is 225 Å². The summed E-state index contributed by atoms with van der Waals surface area (Å²) in [4.78, 5) is 37.6. The van der Waals surface area contributed by atoms with Crippen molar-refractivity contribution in [2.24, 2.45) is 0 Å². The molecule has 0 spiro atoms. The van der Waals surface area contributed by atoms with E-state index in [4.69, 9.17) is 9.15 Å². The number of para-hydroxylation sites is 1.